The van der Waals surface area contributed by atoms with Crippen molar-refractivity contribution in [2.24, 2.45) is 5.73 Å². The van der Waals surface area contributed by atoms with Crippen molar-refractivity contribution in [3.8, 4) is 0 Å². The molecule has 1 aliphatic carbocycles. The lowest BCUT2D eigenvalue weighted by Gasteiger charge is -2.36. The maximum Gasteiger partial charge on any atom is 0.240 e. The Morgan fingerprint density at radius 2 is 1.96 bits per heavy atom. The van der Waals surface area contributed by atoms with Crippen molar-refractivity contribution in [3.05, 3.63) is 52.2 Å². The lowest BCUT2D eigenvalue weighted by molar-refractivity contribution is -0.119. The molecule has 2 aliphatic rings. The monoisotopic (exact) mass is 364 g/mol. The number of nitrogens with two attached hydrogens (primary N) is 1. The first kappa shape index (κ1) is 15.8. The molecule has 1 amide bonds. The number of hydrogen-bond donors (Lipinski definition) is 1. The number of thiophene rings is 1. The fourth-order valence-electron chi connectivity index (χ4n) is 4.29. The van der Waals surface area contributed by atoms with Crippen molar-refractivity contribution >= 4 is 33.3 Å². The zero-order chi connectivity index (χ0) is 17.7. The normalized spacial score (nSPS) is 19.2. The number of fused-ring (bicyclic) bond motifs is 4. The van der Waals surface area contributed by atoms with Gasteiger partial charge in [0, 0.05) is 17.8 Å². The molecule has 5 nitrogen and oxygen atoms in total. The predicted octanol–water partition coefficient (Wildman–Crippen LogP) is 2.99. The second kappa shape index (κ2) is 6.06. The van der Waals surface area contributed by atoms with Crippen molar-refractivity contribution in [3.63, 3.8) is 0 Å². The van der Waals surface area contributed by atoms with Crippen LogP contribution >= 0.6 is 11.3 Å². The van der Waals surface area contributed by atoms with E-state index in [4.69, 9.17) is 5.73 Å². The standard InChI is InChI=1S/C20H20N4OS/c21-18(25)15-9-12-5-1-2-6-13(12)10-24(15)19-17-14-7-3-4-8-16(14)26-20(17)23-11-22-19/h1-2,5-6,11,15H,3-4,7-10H2,(H2,21,25)/t15-/m0/s1. The Hall–Kier alpha value is -2.47. The van der Waals surface area contributed by atoms with Gasteiger partial charge in [-0.1, -0.05) is 24.3 Å². The summed E-state index contributed by atoms with van der Waals surface area (Å²) in [6.07, 6.45) is 6.89. The van der Waals surface area contributed by atoms with E-state index in [0.717, 1.165) is 28.9 Å². The smallest absolute Gasteiger partial charge is 0.240 e. The van der Waals surface area contributed by atoms with Crippen molar-refractivity contribution in [1.29, 1.82) is 0 Å². The van der Waals surface area contributed by atoms with Gasteiger partial charge >= 0.3 is 0 Å². The minimum Gasteiger partial charge on any atom is -0.368 e. The molecule has 0 bridgehead atoms. The number of primary amides is 1. The summed E-state index contributed by atoms with van der Waals surface area (Å²) in [4.78, 5) is 26.0. The topological polar surface area (TPSA) is 72.1 Å². The van der Waals surface area contributed by atoms with E-state index in [2.05, 4.69) is 27.0 Å². The summed E-state index contributed by atoms with van der Waals surface area (Å²) in [5.74, 6) is 0.572. The third-order valence-electron chi connectivity index (χ3n) is 5.58. The highest BCUT2D eigenvalue weighted by Gasteiger charge is 2.33. The van der Waals surface area contributed by atoms with Crippen LogP contribution in [0.25, 0.3) is 10.2 Å². The van der Waals surface area contributed by atoms with Gasteiger partial charge in [0.25, 0.3) is 0 Å². The van der Waals surface area contributed by atoms with Crippen LogP contribution in [0.1, 0.15) is 34.4 Å². The number of amides is 1. The molecule has 2 N–H and O–H groups in total. The Labute approximate surface area is 155 Å². The molecule has 0 unspecified atom stereocenters. The van der Waals surface area contributed by atoms with Gasteiger partial charge in [0.05, 0.1) is 5.39 Å². The van der Waals surface area contributed by atoms with Crippen LogP contribution in [0.2, 0.25) is 0 Å². The lowest BCUT2D eigenvalue weighted by atomic mass is 9.92. The molecule has 0 spiro atoms. The highest BCUT2D eigenvalue weighted by molar-refractivity contribution is 7.19. The van der Waals surface area contributed by atoms with E-state index in [1.54, 1.807) is 17.7 Å². The first-order valence-corrected chi connectivity index (χ1v) is 9.92. The molecular weight excluding hydrogens is 344 g/mol. The lowest BCUT2D eigenvalue weighted by Crippen LogP contribution is -2.49. The van der Waals surface area contributed by atoms with Crippen LogP contribution in [-0.2, 0) is 30.6 Å². The number of aryl methyl sites for hydroxylation is 2. The molecule has 3 heterocycles. The van der Waals surface area contributed by atoms with E-state index in [0.29, 0.717) is 13.0 Å². The zero-order valence-corrected chi connectivity index (χ0v) is 15.3. The number of benzene rings is 1. The van der Waals surface area contributed by atoms with Crippen LogP contribution in [0.4, 0.5) is 5.82 Å². The summed E-state index contributed by atoms with van der Waals surface area (Å²) in [6, 6.07) is 7.90. The van der Waals surface area contributed by atoms with Crippen LogP contribution in [0, 0.1) is 0 Å². The number of hydrogen-bond acceptors (Lipinski definition) is 5. The molecule has 132 valence electrons. The maximum atomic E-state index is 12.3. The van der Waals surface area contributed by atoms with Crippen LogP contribution < -0.4 is 10.6 Å². The SMILES string of the molecule is NC(=O)[C@@H]1Cc2ccccc2CN1c1ncnc2sc3c(c12)CCCC3. The van der Waals surface area contributed by atoms with Crippen molar-refractivity contribution in [2.75, 3.05) is 4.90 Å². The van der Waals surface area contributed by atoms with Gasteiger partial charge in [-0.15, -0.1) is 11.3 Å². The molecule has 0 fully saturated rings. The number of rotatable bonds is 2. The van der Waals surface area contributed by atoms with Crippen molar-refractivity contribution in [2.45, 2.75) is 44.7 Å². The van der Waals surface area contributed by atoms with Gasteiger partial charge in [0.1, 0.15) is 23.0 Å². The highest BCUT2D eigenvalue weighted by Crippen LogP contribution is 2.41. The zero-order valence-electron chi connectivity index (χ0n) is 14.4. The molecule has 0 saturated heterocycles. The summed E-state index contributed by atoms with van der Waals surface area (Å²) >= 11 is 1.78. The predicted molar refractivity (Wildman–Crippen MR) is 103 cm³/mol. The number of carbonyl (C=O) groups is 1. The van der Waals surface area contributed by atoms with Gasteiger partial charge in [-0.25, -0.2) is 9.97 Å². The average Bonchev–Trinajstić information content (AvgIpc) is 3.05. The van der Waals surface area contributed by atoms with E-state index in [9.17, 15) is 4.79 Å². The molecular formula is C20H20N4OS. The Kier molecular flexibility index (Phi) is 3.67. The summed E-state index contributed by atoms with van der Waals surface area (Å²) in [6.45, 7) is 0.653. The molecule has 3 aromatic rings. The molecule has 0 saturated carbocycles. The van der Waals surface area contributed by atoms with Gasteiger partial charge in [0.15, 0.2) is 0 Å². The van der Waals surface area contributed by atoms with Crippen LogP contribution in [0.15, 0.2) is 30.6 Å². The molecule has 1 aliphatic heterocycles. The molecule has 6 heteroatoms. The number of aromatic nitrogens is 2. The molecule has 26 heavy (non-hydrogen) atoms. The maximum absolute atomic E-state index is 12.3. The molecule has 0 radical (unpaired) electrons. The fourth-order valence-corrected chi connectivity index (χ4v) is 5.51. The largest absolute Gasteiger partial charge is 0.368 e. The minimum absolute atomic E-state index is 0.296. The quantitative estimate of drug-likeness (QED) is 0.759. The van der Waals surface area contributed by atoms with Crippen molar-refractivity contribution < 1.29 is 4.79 Å². The van der Waals surface area contributed by atoms with Gasteiger partial charge in [-0.3, -0.25) is 4.79 Å². The molecule has 2 aromatic heterocycles. The summed E-state index contributed by atoms with van der Waals surface area (Å²) in [7, 11) is 0. The minimum atomic E-state index is -0.373. The van der Waals surface area contributed by atoms with E-state index < -0.39 is 0 Å². The number of carbonyl (C=O) groups excluding carboxylic acids is 1. The molecule has 5 rings (SSSR count). The average molecular weight is 364 g/mol. The van der Waals surface area contributed by atoms with Gasteiger partial charge in [-0.05, 0) is 42.4 Å². The second-order valence-corrected chi connectivity index (χ2v) is 8.19. The molecule has 1 aromatic carbocycles. The summed E-state index contributed by atoms with van der Waals surface area (Å²) < 4.78 is 0. The Morgan fingerprint density at radius 3 is 2.81 bits per heavy atom. The second-order valence-electron chi connectivity index (χ2n) is 7.11. The molecule has 1 atom stereocenters. The van der Waals surface area contributed by atoms with Crippen LogP contribution in [0.5, 0.6) is 0 Å². The Balaban J connectivity index is 1.69. The Bertz CT molecular complexity index is 1010. The van der Waals surface area contributed by atoms with Gasteiger partial charge < -0.3 is 10.6 Å². The summed E-state index contributed by atoms with van der Waals surface area (Å²) in [5, 5.41) is 1.14. The van der Waals surface area contributed by atoms with Gasteiger partial charge in [-0.2, -0.15) is 0 Å². The third kappa shape index (κ3) is 2.40. The number of anilines is 1. The number of nitrogens with zero attached hydrogens (tertiary/aromatic N) is 3. The van der Waals surface area contributed by atoms with Crippen LogP contribution in [-0.4, -0.2) is 21.9 Å². The Morgan fingerprint density at radius 1 is 1.15 bits per heavy atom. The van der Waals surface area contributed by atoms with Gasteiger partial charge in [0.2, 0.25) is 5.91 Å². The van der Waals surface area contributed by atoms with E-state index in [1.807, 2.05) is 12.1 Å². The van der Waals surface area contributed by atoms with E-state index in [1.165, 1.54) is 34.4 Å². The fraction of sp³-hybridized carbons (Fsp3) is 0.350. The third-order valence-corrected chi connectivity index (χ3v) is 6.78. The highest BCUT2D eigenvalue weighted by atomic mass is 32.1. The van der Waals surface area contributed by atoms with Crippen LogP contribution in [0.3, 0.4) is 0 Å². The van der Waals surface area contributed by atoms with E-state index >= 15 is 0 Å². The summed E-state index contributed by atoms with van der Waals surface area (Å²) in [5.41, 5.74) is 9.61. The first-order chi connectivity index (χ1) is 12.7. The van der Waals surface area contributed by atoms with E-state index in [-0.39, 0.29) is 11.9 Å². The first-order valence-electron chi connectivity index (χ1n) is 9.10. The van der Waals surface area contributed by atoms with Crippen molar-refractivity contribution in [1.82, 2.24) is 9.97 Å².